The van der Waals surface area contributed by atoms with Crippen LogP contribution in [0.1, 0.15) is 0 Å². The number of fused-ring (bicyclic) bond motifs is 3. The average molecular weight is 715 g/mol. The quantitative estimate of drug-likeness (QED) is 0.152. The molecule has 0 N–H and O–H groups in total. The molecule has 0 aliphatic carbocycles. The van der Waals surface area contributed by atoms with Crippen molar-refractivity contribution in [2.75, 3.05) is 4.90 Å². The minimum atomic E-state index is 1.11. The molecule has 0 saturated carbocycles. The van der Waals surface area contributed by atoms with E-state index in [9.17, 15) is 0 Å². The number of benzene rings is 9. The fourth-order valence-electron chi connectivity index (χ4n) is 8.03. The fraction of sp³-hybridized carbons (Fsp3) is 0. The molecule has 2 heteroatoms. The number of para-hydroxylation sites is 2. The molecule has 264 valence electrons. The standard InChI is InChI=1S/C54H38N2/c1-5-15-39(16-6-1)41-27-31-49(32-28-41)55(47-22-9-3-10-23-47)50-26-14-21-44(36-50)42-19-13-20-43(35-42)46-30-34-54-52(38-46)51-37-45(40-17-7-2-8-18-40)29-33-53(51)56(54)48-24-11-4-12-25-48/h1-38H. The van der Waals surface area contributed by atoms with Gasteiger partial charge in [-0.1, -0.05) is 152 Å². The van der Waals surface area contributed by atoms with Crippen LogP contribution in [0.25, 0.3) is 72.0 Å². The van der Waals surface area contributed by atoms with Crippen LogP contribution in [0.3, 0.4) is 0 Å². The van der Waals surface area contributed by atoms with Gasteiger partial charge in [-0.05, 0) is 123 Å². The summed E-state index contributed by atoms with van der Waals surface area (Å²) in [7, 11) is 0. The average Bonchev–Trinajstić information content (AvgIpc) is 3.61. The van der Waals surface area contributed by atoms with Crippen LogP contribution < -0.4 is 4.90 Å². The lowest BCUT2D eigenvalue weighted by atomic mass is 9.97. The van der Waals surface area contributed by atoms with Crippen molar-refractivity contribution in [1.82, 2.24) is 4.57 Å². The Morgan fingerprint density at radius 1 is 0.250 bits per heavy atom. The highest BCUT2D eigenvalue weighted by atomic mass is 15.1. The zero-order valence-corrected chi connectivity index (χ0v) is 30.8. The largest absolute Gasteiger partial charge is 0.310 e. The van der Waals surface area contributed by atoms with Crippen LogP contribution in [0.4, 0.5) is 17.1 Å². The molecule has 56 heavy (non-hydrogen) atoms. The van der Waals surface area contributed by atoms with Crippen molar-refractivity contribution in [3.05, 3.63) is 231 Å². The van der Waals surface area contributed by atoms with E-state index in [1.54, 1.807) is 0 Å². The molecule has 0 saturated heterocycles. The monoisotopic (exact) mass is 714 g/mol. The summed E-state index contributed by atoms with van der Waals surface area (Å²) < 4.78 is 2.39. The molecule has 1 heterocycles. The molecule has 0 spiro atoms. The summed E-state index contributed by atoms with van der Waals surface area (Å²) in [5.74, 6) is 0. The molecule has 2 nitrogen and oxygen atoms in total. The maximum absolute atomic E-state index is 2.39. The van der Waals surface area contributed by atoms with Crippen LogP contribution in [0, 0.1) is 0 Å². The van der Waals surface area contributed by atoms with Crippen molar-refractivity contribution in [1.29, 1.82) is 0 Å². The van der Waals surface area contributed by atoms with Gasteiger partial charge in [0.25, 0.3) is 0 Å². The van der Waals surface area contributed by atoms with Gasteiger partial charge in [0.05, 0.1) is 11.0 Å². The molecular formula is C54H38N2. The number of nitrogens with zero attached hydrogens (tertiary/aromatic N) is 2. The summed E-state index contributed by atoms with van der Waals surface area (Å²) in [6, 6.07) is 83.0. The van der Waals surface area contributed by atoms with Gasteiger partial charge in [0.1, 0.15) is 0 Å². The second kappa shape index (κ2) is 14.4. The third-order valence-corrected chi connectivity index (χ3v) is 10.8. The lowest BCUT2D eigenvalue weighted by molar-refractivity contribution is 1.18. The highest BCUT2D eigenvalue weighted by Gasteiger charge is 2.16. The van der Waals surface area contributed by atoms with E-state index in [0.717, 1.165) is 22.7 Å². The zero-order chi connectivity index (χ0) is 37.3. The van der Waals surface area contributed by atoms with E-state index in [0.29, 0.717) is 0 Å². The number of hydrogen-bond donors (Lipinski definition) is 0. The molecule has 0 radical (unpaired) electrons. The SMILES string of the molecule is c1ccc(-c2ccc(N(c3ccccc3)c3cccc(-c4cccc(-c5ccc6c(c5)c5cc(-c7ccccc7)ccc5n6-c5ccccc5)c4)c3)cc2)cc1. The van der Waals surface area contributed by atoms with E-state index in [4.69, 9.17) is 0 Å². The third-order valence-electron chi connectivity index (χ3n) is 10.8. The van der Waals surface area contributed by atoms with Gasteiger partial charge in [0.15, 0.2) is 0 Å². The number of rotatable bonds is 8. The molecule has 0 atom stereocenters. The Hall–Kier alpha value is -7.42. The summed E-state index contributed by atoms with van der Waals surface area (Å²) >= 11 is 0. The van der Waals surface area contributed by atoms with Crippen molar-refractivity contribution in [2.45, 2.75) is 0 Å². The first-order valence-electron chi connectivity index (χ1n) is 19.2. The summed E-state index contributed by atoms with van der Waals surface area (Å²) in [6.07, 6.45) is 0. The topological polar surface area (TPSA) is 8.17 Å². The second-order valence-corrected chi connectivity index (χ2v) is 14.2. The first kappa shape index (κ1) is 33.2. The van der Waals surface area contributed by atoms with E-state index in [1.807, 2.05) is 0 Å². The van der Waals surface area contributed by atoms with Gasteiger partial charge in [0, 0.05) is 33.5 Å². The molecule has 0 aliphatic rings. The Balaban J connectivity index is 1.05. The Morgan fingerprint density at radius 3 is 1.21 bits per heavy atom. The van der Waals surface area contributed by atoms with Gasteiger partial charge >= 0.3 is 0 Å². The number of hydrogen-bond acceptors (Lipinski definition) is 1. The molecule has 0 aliphatic heterocycles. The van der Waals surface area contributed by atoms with Crippen LogP contribution in [0.15, 0.2) is 231 Å². The molecule has 0 fully saturated rings. The van der Waals surface area contributed by atoms with Crippen molar-refractivity contribution >= 4 is 38.9 Å². The molecule has 0 bridgehead atoms. The van der Waals surface area contributed by atoms with Gasteiger partial charge in [-0.3, -0.25) is 0 Å². The van der Waals surface area contributed by atoms with E-state index < -0.39 is 0 Å². The molecular weight excluding hydrogens is 677 g/mol. The third kappa shape index (κ3) is 6.24. The first-order valence-corrected chi connectivity index (χ1v) is 19.2. The number of anilines is 3. The summed E-state index contributed by atoms with van der Waals surface area (Å²) in [4.78, 5) is 2.34. The van der Waals surface area contributed by atoms with Crippen LogP contribution in [-0.4, -0.2) is 4.57 Å². The smallest absolute Gasteiger partial charge is 0.0541 e. The van der Waals surface area contributed by atoms with E-state index in [-0.39, 0.29) is 0 Å². The van der Waals surface area contributed by atoms with Crippen LogP contribution >= 0.6 is 0 Å². The molecule has 0 amide bonds. The predicted octanol–water partition coefficient (Wildman–Crippen LogP) is 14.9. The Morgan fingerprint density at radius 2 is 0.625 bits per heavy atom. The van der Waals surface area contributed by atoms with Gasteiger partial charge in [0.2, 0.25) is 0 Å². The Kier molecular flexibility index (Phi) is 8.55. The lowest BCUT2D eigenvalue weighted by Gasteiger charge is -2.26. The van der Waals surface area contributed by atoms with Crippen molar-refractivity contribution < 1.29 is 0 Å². The van der Waals surface area contributed by atoms with Crippen LogP contribution in [0.2, 0.25) is 0 Å². The van der Waals surface area contributed by atoms with E-state index in [2.05, 4.69) is 240 Å². The normalized spacial score (nSPS) is 11.2. The Labute approximate surface area is 327 Å². The predicted molar refractivity (Wildman–Crippen MR) is 237 cm³/mol. The molecule has 9 aromatic carbocycles. The Bertz CT molecular complexity index is 2930. The van der Waals surface area contributed by atoms with Crippen LogP contribution in [-0.2, 0) is 0 Å². The van der Waals surface area contributed by atoms with Crippen molar-refractivity contribution in [2.24, 2.45) is 0 Å². The van der Waals surface area contributed by atoms with E-state index >= 15 is 0 Å². The van der Waals surface area contributed by atoms with Crippen LogP contribution in [0.5, 0.6) is 0 Å². The van der Waals surface area contributed by atoms with Gasteiger partial charge in [-0.25, -0.2) is 0 Å². The maximum atomic E-state index is 2.39. The first-order chi connectivity index (χ1) is 27.8. The minimum Gasteiger partial charge on any atom is -0.310 e. The van der Waals surface area contributed by atoms with Gasteiger partial charge < -0.3 is 9.47 Å². The summed E-state index contributed by atoms with van der Waals surface area (Å²) in [5.41, 5.74) is 16.5. The highest BCUT2D eigenvalue weighted by Crippen LogP contribution is 2.40. The van der Waals surface area contributed by atoms with Crippen molar-refractivity contribution in [3.63, 3.8) is 0 Å². The molecule has 10 aromatic rings. The second-order valence-electron chi connectivity index (χ2n) is 14.2. The number of aromatic nitrogens is 1. The minimum absolute atomic E-state index is 1.11. The zero-order valence-electron chi connectivity index (χ0n) is 30.8. The maximum Gasteiger partial charge on any atom is 0.0541 e. The fourth-order valence-corrected chi connectivity index (χ4v) is 8.03. The molecule has 1 aromatic heterocycles. The van der Waals surface area contributed by atoms with Crippen molar-refractivity contribution in [3.8, 4) is 50.2 Å². The van der Waals surface area contributed by atoms with Gasteiger partial charge in [-0.15, -0.1) is 0 Å². The van der Waals surface area contributed by atoms with E-state index in [1.165, 1.54) is 66.3 Å². The summed E-state index contributed by atoms with van der Waals surface area (Å²) in [5, 5.41) is 2.48. The summed E-state index contributed by atoms with van der Waals surface area (Å²) in [6.45, 7) is 0. The lowest BCUT2D eigenvalue weighted by Crippen LogP contribution is -2.09. The molecule has 0 unspecified atom stereocenters. The molecule has 10 rings (SSSR count). The van der Waals surface area contributed by atoms with Gasteiger partial charge in [-0.2, -0.15) is 0 Å². The highest BCUT2D eigenvalue weighted by molar-refractivity contribution is 6.11.